The summed E-state index contributed by atoms with van der Waals surface area (Å²) < 4.78 is 38.3. The van der Waals surface area contributed by atoms with Crippen LogP contribution in [0.25, 0.3) is 10.9 Å². The highest BCUT2D eigenvalue weighted by atomic mass is 32.2. The summed E-state index contributed by atoms with van der Waals surface area (Å²) in [4.78, 5) is 0. The highest BCUT2D eigenvalue weighted by Gasteiger charge is 2.27. The second kappa shape index (κ2) is 6.54. The maximum Gasteiger partial charge on any atom is 0.441 e. The van der Waals surface area contributed by atoms with Gasteiger partial charge in [-0.05, 0) is 41.4 Å². The lowest BCUT2D eigenvalue weighted by Gasteiger charge is -2.09. The Labute approximate surface area is 120 Å². The summed E-state index contributed by atoms with van der Waals surface area (Å²) >= 11 is 0.0253. The molecule has 6 heteroatoms. The van der Waals surface area contributed by atoms with Gasteiger partial charge < -0.3 is 9.88 Å². The molecule has 0 unspecified atom stereocenters. The van der Waals surface area contributed by atoms with E-state index in [0.29, 0.717) is 6.54 Å². The number of halogens is 3. The van der Waals surface area contributed by atoms with Crippen LogP contribution in [-0.4, -0.2) is 22.4 Å². The van der Waals surface area contributed by atoms with Gasteiger partial charge in [0.1, 0.15) is 0 Å². The number of hydrogen-bond donors (Lipinski definition) is 1. The van der Waals surface area contributed by atoms with Gasteiger partial charge in [-0.25, -0.2) is 0 Å². The van der Waals surface area contributed by atoms with Crippen molar-refractivity contribution in [2.45, 2.75) is 25.5 Å². The minimum Gasteiger partial charge on any atom is -0.347 e. The number of rotatable bonds is 6. The number of hydrogen-bond acceptors (Lipinski definition) is 2. The number of benzene rings is 1. The predicted octanol–water partition coefficient (Wildman–Crippen LogP) is 4.00. The molecule has 0 fully saturated rings. The zero-order valence-electron chi connectivity index (χ0n) is 11.2. The smallest absolute Gasteiger partial charge is 0.347 e. The molecule has 0 aliphatic rings. The second-order valence-electron chi connectivity index (χ2n) is 4.48. The number of aryl methyl sites for hydroxylation is 1. The summed E-state index contributed by atoms with van der Waals surface area (Å²) in [5.74, 6) is 0.0325. The standard InChI is InChI=1S/C14H17F3N2S/c1-2-18-10-11-3-4-12-5-6-19(13(12)9-11)7-8-20-14(15,16)17/h3-6,9,18H,2,7-8,10H2,1H3. The van der Waals surface area contributed by atoms with E-state index in [1.165, 1.54) is 0 Å². The van der Waals surface area contributed by atoms with Crippen LogP contribution in [0.5, 0.6) is 0 Å². The number of nitrogens with zero attached hydrogens (tertiary/aromatic N) is 1. The molecule has 1 heterocycles. The summed E-state index contributed by atoms with van der Waals surface area (Å²) in [7, 11) is 0. The molecule has 1 N–H and O–H groups in total. The SMILES string of the molecule is CCNCc1ccc2ccn(CCSC(F)(F)F)c2c1. The Kier molecular flexibility index (Phi) is 4.99. The highest BCUT2D eigenvalue weighted by molar-refractivity contribution is 8.00. The van der Waals surface area contributed by atoms with Crippen LogP contribution in [0.4, 0.5) is 13.2 Å². The second-order valence-corrected chi connectivity index (χ2v) is 5.64. The maximum absolute atomic E-state index is 12.1. The fourth-order valence-corrected chi connectivity index (χ4v) is 2.58. The van der Waals surface area contributed by atoms with Crippen molar-refractivity contribution in [3.8, 4) is 0 Å². The molecule has 0 saturated carbocycles. The van der Waals surface area contributed by atoms with Crippen LogP contribution in [0.1, 0.15) is 12.5 Å². The van der Waals surface area contributed by atoms with Gasteiger partial charge in [0, 0.05) is 30.6 Å². The molecule has 110 valence electrons. The van der Waals surface area contributed by atoms with E-state index in [2.05, 4.69) is 5.32 Å². The first-order valence-electron chi connectivity index (χ1n) is 6.49. The van der Waals surface area contributed by atoms with Crippen LogP contribution < -0.4 is 5.32 Å². The van der Waals surface area contributed by atoms with Gasteiger partial charge in [-0.2, -0.15) is 13.2 Å². The Morgan fingerprint density at radius 2 is 2.05 bits per heavy atom. The van der Waals surface area contributed by atoms with Gasteiger partial charge in [-0.15, -0.1) is 0 Å². The largest absolute Gasteiger partial charge is 0.441 e. The first-order chi connectivity index (χ1) is 9.49. The van der Waals surface area contributed by atoms with Crippen LogP contribution >= 0.6 is 11.8 Å². The van der Waals surface area contributed by atoms with Crippen LogP contribution in [-0.2, 0) is 13.1 Å². The molecular weight excluding hydrogens is 285 g/mol. The highest BCUT2D eigenvalue weighted by Crippen LogP contribution is 2.30. The third-order valence-electron chi connectivity index (χ3n) is 3.02. The third kappa shape index (κ3) is 4.18. The van der Waals surface area contributed by atoms with Gasteiger partial charge in [0.25, 0.3) is 0 Å². The molecule has 0 atom stereocenters. The lowest BCUT2D eigenvalue weighted by Crippen LogP contribution is -2.11. The first-order valence-corrected chi connectivity index (χ1v) is 7.47. The lowest BCUT2D eigenvalue weighted by atomic mass is 10.1. The van der Waals surface area contributed by atoms with Crippen molar-refractivity contribution in [1.82, 2.24) is 9.88 Å². The van der Waals surface area contributed by atoms with Gasteiger partial charge >= 0.3 is 5.51 Å². The van der Waals surface area contributed by atoms with Crippen molar-refractivity contribution in [3.63, 3.8) is 0 Å². The molecule has 0 saturated heterocycles. The Morgan fingerprint density at radius 1 is 1.25 bits per heavy atom. The van der Waals surface area contributed by atoms with Crippen molar-refractivity contribution in [2.75, 3.05) is 12.3 Å². The van der Waals surface area contributed by atoms with E-state index in [4.69, 9.17) is 0 Å². The summed E-state index contributed by atoms with van der Waals surface area (Å²) in [5, 5.41) is 4.30. The fourth-order valence-electron chi connectivity index (χ4n) is 2.06. The zero-order chi connectivity index (χ0) is 14.6. The molecule has 0 aliphatic carbocycles. The molecule has 1 aromatic carbocycles. The number of fused-ring (bicyclic) bond motifs is 1. The van der Waals surface area contributed by atoms with E-state index in [0.717, 1.165) is 29.6 Å². The van der Waals surface area contributed by atoms with Crippen molar-refractivity contribution in [1.29, 1.82) is 0 Å². The van der Waals surface area contributed by atoms with Crippen LogP contribution in [0.2, 0.25) is 0 Å². The van der Waals surface area contributed by atoms with Crippen LogP contribution in [0.15, 0.2) is 30.5 Å². The average molecular weight is 302 g/mol. The van der Waals surface area contributed by atoms with Crippen LogP contribution in [0.3, 0.4) is 0 Å². The van der Waals surface area contributed by atoms with E-state index in [-0.39, 0.29) is 17.5 Å². The van der Waals surface area contributed by atoms with Gasteiger partial charge in [-0.3, -0.25) is 0 Å². The molecule has 0 radical (unpaired) electrons. The molecule has 20 heavy (non-hydrogen) atoms. The Hall–Kier alpha value is -1.14. The van der Waals surface area contributed by atoms with Gasteiger partial charge in [0.05, 0.1) is 0 Å². The minimum atomic E-state index is -4.15. The number of thioether (sulfide) groups is 1. The summed E-state index contributed by atoms with van der Waals surface area (Å²) in [6.45, 7) is 4.06. The molecule has 2 aromatic rings. The maximum atomic E-state index is 12.1. The fraction of sp³-hybridized carbons (Fsp3) is 0.429. The van der Waals surface area contributed by atoms with Crippen molar-refractivity contribution >= 4 is 22.7 Å². The monoisotopic (exact) mass is 302 g/mol. The van der Waals surface area contributed by atoms with Gasteiger partial charge in [-0.1, -0.05) is 19.1 Å². The molecule has 0 aliphatic heterocycles. The number of alkyl halides is 3. The van der Waals surface area contributed by atoms with Gasteiger partial charge in [0.2, 0.25) is 0 Å². The number of aromatic nitrogens is 1. The quantitative estimate of drug-likeness (QED) is 0.868. The van der Waals surface area contributed by atoms with E-state index in [1.807, 2.05) is 42.0 Å². The van der Waals surface area contributed by atoms with E-state index in [1.54, 1.807) is 0 Å². The molecule has 2 nitrogen and oxygen atoms in total. The topological polar surface area (TPSA) is 17.0 Å². The van der Waals surface area contributed by atoms with Crippen molar-refractivity contribution in [2.24, 2.45) is 0 Å². The summed E-state index contributed by atoms with van der Waals surface area (Å²) in [6, 6.07) is 8.02. The lowest BCUT2D eigenvalue weighted by molar-refractivity contribution is -0.0328. The molecule has 2 rings (SSSR count). The van der Waals surface area contributed by atoms with Crippen molar-refractivity contribution < 1.29 is 13.2 Å². The predicted molar refractivity (Wildman–Crippen MR) is 77.8 cm³/mol. The van der Waals surface area contributed by atoms with Gasteiger partial charge in [0.15, 0.2) is 0 Å². The Bertz CT molecular complexity index is 563. The molecular formula is C14H17F3N2S. The Morgan fingerprint density at radius 3 is 2.75 bits per heavy atom. The van der Waals surface area contributed by atoms with E-state index < -0.39 is 5.51 Å². The molecule has 0 spiro atoms. The average Bonchev–Trinajstić information content (AvgIpc) is 2.78. The van der Waals surface area contributed by atoms with E-state index >= 15 is 0 Å². The third-order valence-corrected chi connectivity index (χ3v) is 3.73. The Balaban J connectivity index is 2.08. The zero-order valence-corrected chi connectivity index (χ0v) is 12.0. The van der Waals surface area contributed by atoms with Crippen molar-refractivity contribution in [3.05, 3.63) is 36.0 Å². The molecule has 0 bridgehead atoms. The first kappa shape index (κ1) is 15.3. The van der Waals surface area contributed by atoms with E-state index in [9.17, 15) is 13.2 Å². The normalized spacial score (nSPS) is 12.2. The van der Waals surface area contributed by atoms with Crippen LogP contribution in [0, 0.1) is 0 Å². The summed E-state index contributed by atoms with van der Waals surface area (Å²) in [5.41, 5.74) is -2.02. The molecule has 0 amide bonds. The summed E-state index contributed by atoms with van der Waals surface area (Å²) in [6.07, 6.45) is 1.85. The number of nitrogens with one attached hydrogen (secondary N) is 1. The molecule has 1 aromatic heterocycles. The minimum absolute atomic E-state index is 0.0253.